The number of aliphatic imine (C=N–C) groups is 1. The van der Waals surface area contributed by atoms with Gasteiger partial charge in [0.2, 0.25) is 0 Å². The number of carbonyl (C=O) groups is 1. The number of rotatable bonds is 5. The van der Waals surface area contributed by atoms with Crippen molar-refractivity contribution in [2.24, 2.45) is 4.99 Å². The molecule has 0 aliphatic heterocycles. The quantitative estimate of drug-likeness (QED) is 0.665. The zero-order chi connectivity index (χ0) is 14.5. The lowest BCUT2D eigenvalue weighted by Gasteiger charge is -2.19. The van der Waals surface area contributed by atoms with Gasteiger partial charge < -0.3 is 9.73 Å². The third kappa shape index (κ3) is 5.57. The summed E-state index contributed by atoms with van der Waals surface area (Å²) in [4.78, 5) is 16.3. The smallest absolute Gasteiger partial charge is 0.413 e. The minimum atomic E-state index is -0.556. The molecule has 0 aromatic carbocycles. The Morgan fingerprint density at radius 3 is 2.84 bits per heavy atom. The third-order valence-corrected chi connectivity index (χ3v) is 3.46. The van der Waals surface area contributed by atoms with Gasteiger partial charge >= 0.3 is 6.09 Å². The van der Waals surface area contributed by atoms with Crippen LogP contribution in [0, 0.1) is 0 Å². The van der Waals surface area contributed by atoms with Crippen LogP contribution in [-0.4, -0.2) is 29.3 Å². The summed E-state index contributed by atoms with van der Waals surface area (Å²) in [7, 11) is 0. The van der Waals surface area contributed by atoms with Crippen LogP contribution in [0.2, 0.25) is 5.02 Å². The highest BCUT2D eigenvalue weighted by Crippen LogP contribution is 2.30. The van der Waals surface area contributed by atoms with Crippen LogP contribution < -0.4 is 5.32 Å². The van der Waals surface area contributed by atoms with Crippen LogP contribution in [0.15, 0.2) is 4.99 Å². The number of halogens is 1. The molecule has 19 heavy (non-hydrogen) atoms. The van der Waals surface area contributed by atoms with Gasteiger partial charge in [-0.25, -0.2) is 4.79 Å². The van der Waals surface area contributed by atoms with Crippen LogP contribution >= 0.6 is 23.1 Å². The second-order valence-corrected chi connectivity index (χ2v) is 6.18. The number of hydrogen-bond donors (Lipinski definition) is 1. The average molecular weight is 304 g/mol. The van der Waals surface area contributed by atoms with E-state index in [0.29, 0.717) is 17.4 Å². The van der Waals surface area contributed by atoms with E-state index in [2.05, 4.69) is 21.4 Å². The number of anilines is 1. The molecule has 1 N–H and O–H groups in total. The summed E-state index contributed by atoms with van der Waals surface area (Å²) >= 11 is 7.42. The fraction of sp³-hybridized carbons (Fsp3) is 0.583. The summed E-state index contributed by atoms with van der Waals surface area (Å²) in [5, 5.41) is 3.02. The average Bonchev–Trinajstić information content (AvgIpc) is 2.59. The number of aromatic nitrogens is 1. The number of aryl methyl sites for hydroxylation is 1. The fourth-order valence-corrected chi connectivity index (χ4v) is 2.39. The minimum absolute atomic E-state index is 0.350. The van der Waals surface area contributed by atoms with Gasteiger partial charge in [0, 0.05) is 11.4 Å². The number of hydrogen-bond acceptors (Lipinski definition) is 5. The summed E-state index contributed by atoms with van der Waals surface area (Å²) in [5.74, 6) is 0.350. The lowest BCUT2D eigenvalue weighted by Crippen LogP contribution is -2.27. The number of nitrogens with one attached hydrogen (secondary N) is 1. The molecule has 0 bridgehead atoms. The molecule has 5 nitrogen and oxygen atoms in total. The highest BCUT2D eigenvalue weighted by atomic mass is 35.5. The first-order valence-corrected chi connectivity index (χ1v) is 7.05. The molecule has 0 fully saturated rings. The molecule has 0 aliphatic carbocycles. The lowest BCUT2D eigenvalue weighted by molar-refractivity contribution is 0.0635. The van der Waals surface area contributed by atoms with E-state index in [1.807, 2.05) is 0 Å². The molecule has 0 radical (unpaired) electrons. The molecule has 106 valence electrons. The zero-order valence-electron chi connectivity index (χ0n) is 11.3. The van der Waals surface area contributed by atoms with Gasteiger partial charge in [-0.15, -0.1) is 0 Å². The van der Waals surface area contributed by atoms with E-state index in [-0.39, 0.29) is 0 Å². The van der Waals surface area contributed by atoms with Crippen LogP contribution in [0.25, 0.3) is 0 Å². The van der Waals surface area contributed by atoms with Crippen LogP contribution in [0.3, 0.4) is 0 Å². The van der Waals surface area contributed by atoms with E-state index in [0.717, 1.165) is 17.7 Å². The molecule has 0 saturated heterocycles. The summed E-state index contributed by atoms with van der Waals surface area (Å²) in [6.07, 6.45) is 1.07. The molecular formula is C12H18ClN3O2S. The number of carbonyl (C=O) groups excluding carboxylic acids is 1. The number of amides is 1. The highest BCUT2D eigenvalue weighted by molar-refractivity contribution is 7.06. The Bertz CT molecular complexity index is 454. The SMILES string of the molecule is C=NCCCc1snc(NC(=O)OC(C)(C)C)c1Cl. The van der Waals surface area contributed by atoms with Crippen molar-refractivity contribution in [2.75, 3.05) is 11.9 Å². The van der Waals surface area contributed by atoms with E-state index < -0.39 is 11.7 Å². The van der Waals surface area contributed by atoms with Crippen molar-refractivity contribution in [1.29, 1.82) is 0 Å². The van der Waals surface area contributed by atoms with Crippen molar-refractivity contribution in [3.05, 3.63) is 9.90 Å². The van der Waals surface area contributed by atoms with Crippen molar-refractivity contribution >= 4 is 41.8 Å². The molecule has 0 atom stereocenters. The van der Waals surface area contributed by atoms with Gasteiger partial charge in [-0.1, -0.05) is 11.6 Å². The number of ether oxygens (including phenoxy) is 1. The Balaban J connectivity index is 2.60. The van der Waals surface area contributed by atoms with E-state index in [9.17, 15) is 4.79 Å². The van der Waals surface area contributed by atoms with E-state index in [1.54, 1.807) is 20.8 Å². The summed E-state index contributed by atoms with van der Waals surface area (Å²) in [5.41, 5.74) is -0.551. The first kappa shape index (κ1) is 15.9. The monoisotopic (exact) mass is 303 g/mol. The van der Waals surface area contributed by atoms with Gasteiger partial charge in [0.25, 0.3) is 0 Å². The Kier molecular flexibility index (Phi) is 5.75. The molecular weight excluding hydrogens is 286 g/mol. The first-order chi connectivity index (χ1) is 8.83. The first-order valence-electron chi connectivity index (χ1n) is 5.90. The minimum Gasteiger partial charge on any atom is -0.444 e. The number of nitrogens with zero attached hydrogens (tertiary/aromatic N) is 2. The van der Waals surface area contributed by atoms with E-state index in [1.165, 1.54) is 11.5 Å². The topological polar surface area (TPSA) is 63.6 Å². The molecule has 1 amide bonds. The summed E-state index contributed by atoms with van der Waals surface area (Å²) < 4.78 is 9.25. The standard InChI is InChI=1S/C12H18ClN3O2S/c1-12(2,3)18-11(17)15-10-9(13)8(19-16-10)6-5-7-14-4/h4-7H2,1-3H3,(H,15,16,17). The maximum absolute atomic E-state index is 11.6. The van der Waals surface area contributed by atoms with Gasteiger partial charge in [-0.05, 0) is 51.9 Å². The van der Waals surface area contributed by atoms with Crippen LogP contribution in [0.1, 0.15) is 32.1 Å². The fourth-order valence-electron chi connectivity index (χ4n) is 1.30. The zero-order valence-corrected chi connectivity index (χ0v) is 12.9. The van der Waals surface area contributed by atoms with Crippen molar-refractivity contribution < 1.29 is 9.53 Å². The van der Waals surface area contributed by atoms with Gasteiger partial charge in [-0.3, -0.25) is 5.32 Å². The molecule has 0 spiro atoms. The predicted molar refractivity (Wildman–Crippen MR) is 79.7 cm³/mol. The third-order valence-electron chi connectivity index (χ3n) is 2.04. The molecule has 0 unspecified atom stereocenters. The molecule has 1 aromatic heterocycles. The van der Waals surface area contributed by atoms with Crippen LogP contribution in [0.4, 0.5) is 10.6 Å². The second-order valence-electron chi connectivity index (χ2n) is 4.95. The molecule has 0 saturated carbocycles. The molecule has 1 aromatic rings. The van der Waals surface area contributed by atoms with E-state index in [4.69, 9.17) is 16.3 Å². The van der Waals surface area contributed by atoms with Crippen LogP contribution in [0.5, 0.6) is 0 Å². The predicted octanol–water partition coefficient (Wildman–Crippen LogP) is 3.78. The van der Waals surface area contributed by atoms with Gasteiger partial charge in [0.15, 0.2) is 5.82 Å². The van der Waals surface area contributed by atoms with Crippen LogP contribution in [-0.2, 0) is 11.2 Å². The van der Waals surface area contributed by atoms with Crippen molar-refractivity contribution in [2.45, 2.75) is 39.2 Å². The lowest BCUT2D eigenvalue weighted by atomic mass is 10.2. The van der Waals surface area contributed by atoms with Gasteiger partial charge in [0.1, 0.15) is 5.60 Å². The maximum atomic E-state index is 11.6. The molecule has 7 heteroatoms. The Morgan fingerprint density at radius 1 is 1.58 bits per heavy atom. The molecule has 1 heterocycles. The van der Waals surface area contributed by atoms with Gasteiger partial charge in [-0.2, -0.15) is 4.37 Å². The maximum Gasteiger partial charge on any atom is 0.413 e. The molecule has 0 aliphatic rings. The summed E-state index contributed by atoms with van der Waals surface area (Å²) in [6, 6.07) is 0. The van der Waals surface area contributed by atoms with Gasteiger partial charge in [0.05, 0.1) is 5.02 Å². The van der Waals surface area contributed by atoms with Crippen molar-refractivity contribution in [1.82, 2.24) is 4.37 Å². The Morgan fingerprint density at radius 2 is 2.26 bits per heavy atom. The van der Waals surface area contributed by atoms with Crippen molar-refractivity contribution in [3.63, 3.8) is 0 Å². The van der Waals surface area contributed by atoms with E-state index >= 15 is 0 Å². The van der Waals surface area contributed by atoms with Crippen molar-refractivity contribution in [3.8, 4) is 0 Å². The highest BCUT2D eigenvalue weighted by Gasteiger charge is 2.19. The second kappa shape index (κ2) is 6.86. The Hall–Kier alpha value is -1.14. The normalized spacial score (nSPS) is 11.2. The summed E-state index contributed by atoms with van der Waals surface area (Å²) in [6.45, 7) is 9.49. The largest absolute Gasteiger partial charge is 0.444 e. The molecule has 1 rings (SSSR count). The Labute approximate surface area is 122 Å².